The monoisotopic (exact) mass is 393 g/mol. The first-order valence-corrected chi connectivity index (χ1v) is 7.60. The van der Waals surface area contributed by atoms with Gasteiger partial charge in [-0.15, -0.1) is 0 Å². The molecule has 2 aromatic carbocycles. The van der Waals surface area contributed by atoms with Crippen molar-refractivity contribution in [3.63, 3.8) is 0 Å². The summed E-state index contributed by atoms with van der Waals surface area (Å²) in [6.45, 7) is 2.48. The number of nitrogens with zero attached hydrogens (tertiary/aromatic N) is 3. The molecule has 0 aliphatic rings. The third-order valence-corrected chi connectivity index (χ3v) is 3.93. The number of hydrogen-bond donors (Lipinski definition) is 0. The topological polar surface area (TPSA) is 30.7 Å². The molecular weight excluding hydrogens is 380 g/mol. The third kappa shape index (κ3) is 3.29. The van der Waals surface area contributed by atoms with Crippen molar-refractivity contribution >= 4 is 22.6 Å². The van der Waals surface area contributed by atoms with Crippen molar-refractivity contribution < 1.29 is 4.39 Å². The fourth-order valence-corrected chi connectivity index (χ4v) is 2.68. The van der Waals surface area contributed by atoms with Crippen LogP contribution in [-0.4, -0.2) is 14.8 Å². The predicted molar refractivity (Wildman–Crippen MR) is 88.4 cm³/mol. The second kappa shape index (κ2) is 5.93. The highest BCUT2D eigenvalue weighted by atomic mass is 127. The van der Waals surface area contributed by atoms with E-state index in [2.05, 4.69) is 32.7 Å². The van der Waals surface area contributed by atoms with Crippen LogP contribution in [0.2, 0.25) is 0 Å². The van der Waals surface area contributed by atoms with Crippen LogP contribution in [0.15, 0.2) is 48.8 Å². The molecule has 5 heteroatoms. The van der Waals surface area contributed by atoms with Gasteiger partial charge in [0.2, 0.25) is 0 Å². The van der Waals surface area contributed by atoms with E-state index in [1.807, 2.05) is 31.2 Å². The number of rotatable bonds is 3. The van der Waals surface area contributed by atoms with E-state index in [0.29, 0.717) is 12.4 Å². The van der Waals surface area contributed by atoms with E-state index in [9.17, 15) is 4.39 Å². The molecule has 1 heterocycles. The van der Waals surface area contributed by atoms with Gasteiger partial charge in [0.15, 0.2) is 5.82 Å². The Morgan fingerprint density at radius 3 is 2.81 bits per heavy atom. The minimum absolute atomic E-state index is 0.214. The van der Waals surface area contributed by atoms with Crippen molar-refractivity contribution in [1.29, 1.82) is 0 Å². The van der Waals surface area contributed by atoms with Crippen LogP contribution in [0.3, 0.4) is 0 Å². The van der Waals surface area contributed by atoms with Gasteiger partial charge in [-0.25, -0.2) is 14.1 Å². The Bertz CT molecular complexity index is 783. The first-order chi connectivity index (χ1) is 10.1. The quantitative estimate of drug-likeness (QED) is 0.629. The molecule has 0 fully saturated rings. The van der Waals surface area contributed by atoms with Gasteiger partial charge < -0.3 is 0 Å². The molecule has 0 amide bonds. The van der Waals surface area contributed by atoms with Gasteiger partial charge in [-0.2, -0.15) is 5.10 Å². The Morgan fingerprint density at radius 1 is 1.19 bits per heavy atom. The molecule has 106 valence electrons. The lowest BCUT2D eigenvalue weighted by atomic mass is 10.1. The largest absolute Gasteiger partial charge is 0.248 e. The van der Waals surface area contributed by atoms with E-state index in [0.717, 1.165) is 20.3 Å². The summed E-state index contributed by atoms with van der Waals surface area (Å²) in [6, 6.07) is 12.9. The van der Waals surface area contributed by atoms with E-state index in [-0.39, 0.29) is 5.82 Å². The van der Waals surface area contributed by atoms with Crippen LogP contribution in [0, 0.1) is 16.3 Å². The summed E-state index contributed by atoms with van der Waals surface area (Å²) >= 11 is 2.27. The average molecular weight is 393 g/mol. The van der Waals surface area contributed by atoms with Gasteiger partial charge in [0, 0.05) is 9.13 Å². The highest BCUT2D eigenvalue weighted by Gasteiger charge is 2.06. The molecule has 3 aromatic rings. The standard InChI is InChI=1S/C16H13FIN3/c1-11-7-14(17)6-5-13(11)9-21-10-19-16(20-21)12-3-2-4-15(18)8-12/h2-8,10H,9H2,1H3. The van der Waals surface area contributed by atoms with Gasteiger partial charge in [-0.3, -0.25) is 0 Å². The molecule has 0 aliphatic heterocycles. The molecule has 0 saturated carbocycles. The van der Waals surface area contributed by atoms with Crippen LogP contribution in [0.1, 0.15) is 11.1 Å². The Balaban J connectivity index is 1.85. The molecule has 0 spiro atoms. The average Bonchev–Trinajstić information content (AvgIpc) is 2.91. The number of aromatic nitrogens is 3. The highest BCUT2D eigenvalue weighted by Crippen LogP contribution is 2.18. The Kier molecular flexibility index (Phi) is 4.01. The summed E-state index contributed by atoms with van der Waals surface area (Å²) in [5.41, 5.74) is 2.95. The van der Waals surface area contributed by atoms with Crippen LogP contribution in [0.4, 0.5) is 4.39 Å². The summed E-state index contributed by atoms with van der Waals surface area (Å²) in [4.78, 5) is 4.35. The fraction of sp³-hybridized carbons (Fsp3) is 0.125. The van der Waals surface area contributed by atoms with Crippen molar-refractivity contribution in [1.82, 2.24) is 14.8 Å². The second-order valence-electron chi connectivity index (χ2n) is 4.85. The van der Waals surface area contributed by atoms with Crippen LogP contribution < -0.4 is 0 Å². The number of hydrogen-bond acceptors (Lipinski definition) is 2. The summed E-state index contributed by atoms with van der Waals surface area (Å²) in [5.74, 6) is 0.489. The van der Waals surface area contributed by atoms with Crippen LogP contribution >= 0.6 is 22.6 Å². The minimum atomic E-state index is -0.214. The van der Waals surface area contributed by atoms with Crippen LogP contribution in [0.25, 0.3) is 11.4 Å². The number of aryl methyl sites for hydroxylation is 1. The van der Waals surface area contributed by atoms with Crippen molar-refractivity contribution in [2.45, 2.75) is 13.5 Å². The molecule has 0 bridgehead atoms. The van der Waals surface area contributed by atoms with E-state index in [4.69, 9.17) is 0 Å². The molecule has 0 radical (unpaired) electrons. The lowest BCUT2D eigenvalue weighted by Gasteiger charge is -2.05. The number of benzene rings is 2. The molecule has 0 unspecified atom stereocenters. The van der Waals surface area contributed by atoms with Crippen LogP contribution in [0.5, 0.6) is 0 Å². The SMILES string of the molecule is Cc1cc(F)ccc1Cn1cnc(-c2cccc(I)c2)n1. The van der Waals surface area contributed by atoms with Crippen molar-refractivity contribution in [3.05, 3.63) is 69.3 Å². The second-order valence-corrected chi connectivity index (χ2v) is 6.09. The summed E-state index contributed by atoms with van der Waals surface area (Å²) in [6.07, 6.45) is 1.71. The van der Waals surface area contributed by atoms with Gasteiger partial charge in [-0.1, -0.05) is 18.2 Å². The van der Waals surface area contributed by atoms with E-state index >= 15 is 0 Å². The fourth-order valence-electron chi connectivity index (χ4n) is 2.14. The maximum atomic E-state index is 13.1. The predicted octanol–water partition coefficient (Wildman–Crippen LogP) is 4.05. The molecule has 0 aliphatic carbocycles. The zero-order valence-electron chi connectivity index (χ0n) is 11.4. The van der Waals surface area contributed by atoms with Crippen molar-refractivity contribution in [3.8, 4) is 11.4 Å². The Morgan fingerprint density at radius 2 is 2.05 bits per heavy atom. The van der Waals surface area contributed by atoms with Gasteiger partial charge in [0.1, 0.15) is 12.1 Å². The summed E-state index contributed by atoms with van der Waals surface area (Å²) in [7, 11) is 0. The van der Waals surface area contributed by atoms with Gasteiger partial charge >= 0.3 is 0 Å². The maximum absolute atomic E-state index is 13.1. The molecular formula is C16H13FIN3. The van der Waals surface area contributed by atoms with Gasteiger partial charge in [0.05, 0.1) is 6.54 Å². The van der Waals surface area contributed by atoms with Crippen LogP contribution in [-0.2, 0) is 6.54 Å². The lowest BCUT2D eigenvalue weighted by molar-refractivity contribution is 0.622. The summed E-state index contributed by atoms with van der Waals surface area (Å²) in [5, 5.41) is 4.49. The van der Waals surface area contributed by atoms with Crippen molar-refractivity contribution in [2.24, 2.45) is 0 Å². The lowest BCUT2D eigenvalue weighted by Crippen LogP contribution is -2.02. The Labute approximate surface area is 136 Å². The first kappa shape index (κ1) is 14.2. The molecule has 3 rings (SSSR count). The van der Waals surface area contributed by atoms with E-state index in [1.165, 1.54) is 12.1 Å². The third-order valence-electron chi connectivity index (χ3n) is 3.26. The zero-order chi connectivity index (χ0) is 14.8. The minimum Gasteiger partial charge on any atom is -0.248 e. The smallest absolute Gasteiger partial charge is 0.181 e. The molecule has 21 heavy (non-hydrogen) atoms. The molecule has 0 N–H and O–H groups in total. The van der Waals surface area contributed by atoms with Crippen molar-refractivity contribution in [2.75, 3.05) is 0 Å². The first-order valence-electron chi connectivity index (χ1n) is 6.52. The Hall–Kier alpha value is -1.76. The maximum Gasteiger partial charge on any atom is 0.181 e. The van der Waals surface area contributed by atoms with Gasteiger partial charge in [-0.05, 0) is 64.9 Å². The summed E-state index contributed by atoms with van der Waals surface area (Å²) < 4.78 is 16.0. The highest BCUT2D eigenvalue weighted by molar-refractivity contribution is 14.1. The molecule has 0 atom stereocenters. The van der Waals surface area contributed by atoms with E-state index in [1.54, 1.807) is 17.1 Å². The van der Waals surface area contributed by atoms with E-state index < -0.39 is 0 Å². The molecule has 1 aromatic heterocycles. The van der Waals surface area contributed by atoms with Gasteiger partial charge in [0.25, 0.3) is 0 Å². The zero-order valence-corrected chi connectivity index (χ0v) is 13.6. The normalized spacial score (nSPS) is 10.8. The number of halogens is 2. The molecule has 0 saturated heterocycles. The molecule has 3 nitrogen and oxygen atoms in total.